The van der Waals surface area contributed by atoms with Gasteiger partial charge in [0, 0.05) is 36.8 Å². The van der Waals surface area contributed by atoms with Crippen LogP contribution in [0.4, 0.5) is 0 Å². The monoisotopic (exact) mass is 1980 g/mol. The molecular weight excluding hydrogens is 1870 g/mol. The zero-order valence-electron chi connectivity index (χ0n) is 76.7. The van der Waals surface area contributed by atoms with Crippen LogP contribution in [0.25, 0.3) is 32.8 Å². The Morgan fingerprint density at radius 1 is 0.316 bits per heavy atom. The summed E-state index contributed by atoms with van der Waals surface area (Å²) in [6.45, 7) is 16.2. The number of hydrogen-bond donors (Lipinski definition) is 2. The van der Waals surface area contributed by atoms with Crippen molar-refractivity contribution in [3.63, 3.8) is 0 Å². The second-order valence-electron chi connectivity index (χ2n) is 32.0. The van der Waals surface area contributed by atoms with Crippen LogP contribution < -0.4 is 80.2 Å². The first-order valence-corrected chi connectivity index (χ1v) is 50.4. The molecule has 18 aromatic rings. The van der Waals surface area contributed by atoms with Crippen LogP contribution in [-0.4, -0.2) is 63.9 Å². The van der Waals surface area contributed by atoms with E-state index in [1.807, 2.05) is 121 Å². The smallest absolute Gasteiger partial charge is 0.466 e. The Kier molecular flexibility index (Phi) is 40.5. The summed E-state index contributed by atoms with van der Waals surface area (Å²) in [7, 11) is -2.16. The molecule has 136 heavy (non-hydrogen) atoms. The number of H-pyrrole nitrogens is 2. The van der Waals surface area contributed by atoms with Gasteiger partial charge in [-0.25, -0.2) is 10.2 Å². The summed E-state index contributed by atoms with van der Waals surface area (Å²) in [6.07, 6.45) is 0. The van der Waals surface area contributed by atoms with Gasteiger partial charge in [0.05, 0.1) is 52.7 Å². The normalized spacial score (nSPS) is 12.3. The van der Waals surface area contributed by atoms with E-state index in [0.717, 1.165) is 27.5 Å². The fourth-order valence-electron chi connectivity index (χ4n) is 14.8. The van der Waals surface area contributed by atoms with Crippen molar-refractivity contribution in [3.8, 4) is 11.3 Å². The molecule has 2 atom stereocenters. The number of carbonyl (C=O) groups excluding carboxylic acids is 2. The van der Waals surface area contributed by atoms with Gasteiger partial charge in [0.25, 0.3) is 11.1 Å². The summed E-state index contributed by atoms with van der Waals surface area (Å²) in [5, 5.41) is 32.4. The summed E-state index contributed by atoms with van der Waals surface area (Å²) in [5.41, 5.74) is 3.23. The molecule has 0 aliphatic carbocycles. The minimum absolute atomic E-state index is 0. The second kappa shape index (κ2) is 53.0. The molecule has 1 aliphatic rings. The average Bonchev–Trinajstić information content (AvgIpc) is 1.61. The molecule has 2 N–H and O–H groups in total. The molecule has 0 bridgehead atoms. The first-order chi connectivity index (χ1) is 65.4. The van der Waals surface area contributed by atoms with E-state index in [-0.39, 0.29) is 81.1 Å². The topological polar surface area (TPSA) is 163 Å². The molecule has 12 nitrogen and oxygen atoms in total. The van der Waals surface area contributed by atoms with Gasteiger partial charge in [-0.2, -0.15) is 10.2 Å². The van der Waals surface area contributed by atoms with Gasteiger partial charge in [0.2, 0.25) is 0 Å². The molecule has 0 radical (unpaired) electrons. The Balaban J connectivity index is 0.000000153. The van der Waals surface area contributed by atoms with Crippen molar-refractivity contribution < 1.29 is 48.8 Å². The maximum Gasteiger partial charge on any atom is 0.494 e. The number of esters is 2. The Morgan fingerprint density at radius 3 is 0.757 bits per heavy atom. The number of benzene rings is 16. The molecule has 16 aromatic carbocycles. The zero-order valence-corrected chi connectivity index (χ0v) is 82.6. The number of aromatic amines is 2. The molecule has 0 saturated carbocycles. The third-order valence-electron chi connectivity index (χ3n) is 22.4. The van der Waals surface area contributed by atoms with E-state index in [2.05, 4.69) is 384 Å². The molecule has 0 spiro atoms. The van der Waals surface area contributed by atoms with Crippen LogP contribution in [0, 0.1) is 0 Å². The third-order valence-corrected chi connectivity index (χ3v) is 32.5. The van der Waals surface area contributed by atoms with Crippen molar-refractivity contribution in [2.24, 2.45) is 0 Å². The number of fused-ring (bicyclic) bond motifs is 2. The SMILES string of the molecule is C.CCOC(=O)C(C)c1ccc(-c2n[nH]c(=O)c3ccccc23)cc1.CCOC(=O)C(C)c1ccc(B2OC(C)(C)C(C)(C)O2)cc1.O=c1[nH]nc(Cl)c2ccccc12.[Pd].c1ccc(P(c2ccccc2)c2ccccc2)cc1.c1ccc(P(c2ccccc2)c2ccccc2)cc1.c1ccc(P(c2ccccc2)c2ccccc2)cc1.c1ccc(P(c2ccccc2)c2ccccc2)cc1. The van der Waals surface area contributed by atoms with Gasteiger partial charge in [0.15, 0.2) is 5.15 Å². The Hall–Kier alpha value is -12.6. The van der Waals surface area contributed by atoms with Gasteiger partial charge in [-0.1, -0.05) is 468 Å². The molecule has 1 aliphatic heterocycles. The quantitative estimate of drug-likeness (QED) is 0.0427. The maximum absolute atomic E-state index is 11.9. The van der Waals surface area contributed by atoms with Gasteiger partial charge >= 0.3 is 19.1 Å². The average molecular weight is 1980 g/mol. The summed E-state index contributed by atoms with van der Waals surface area (Å²) in [6, 6.07) is 159. The molecule has 3 heterocycles. The van der Waals surface area contributed by atoms with Crippen molar-refractivity contribution >= 4 is 153 Å². The zero-order chi connectivity index (χ0) is 93.9. The minimum Gasteiger partial charge on any atom is -0.466 e. The Morgan fingerprint density at radius 2 is 0.522 bits per heavy atom. The molecule has 2 unspecified atom stereocenters. The molecule has 1 saturated heterocycles. The Labute approximate surface area is 824 Å². The number of hydrogen-bond acceptors (Lipinski definition) is 10. The standard InChI is InChI=1S/C19H18N2O3.4C18H15P.C17H25BO4.C8H5ClN2O.CH4.Pd/c1-3-24-19(23)12(2)13-8-10-14(11-9-13)17-15-6-4-5-7-16(15)18(22)21-20-17;4*1-4-10-16(11-5-1)19(17-12-6-2-7-13-17)18-14-8-3-9-15-18;1-7-20-15(19)12(2)13-8-10-14(11-9-13)18-21-16(3,4)17(5,6)22-18;9-7-5-3-1-2-4-6(5)8(12)11-10-7;;/h4-12H,3H2,1-2H3,(H,21,22);4*1-15H;8-12H,7H2,1-6H3;1-4H,(H,11,12);1H4;. The van der Waals surface area contributed by atoms with E-state index >= 15 is 0 Å². The predicted octanol–water partition coefficient (Wildman–Crippen LogP) is 21.9. The van der Waals surface area contributed by atoms with Gasteiger partial charge in [-0.3, -0.25) is 19.2 Å². The van der Waals surface area contributed by atoms with Crippen LogP contribution in [0.15, 0.2) is 471 Å². The molecule has 0 amide bonds. The van der Waals surface area contributed by atoms with E-state index in [9.17, 15) is 19.2 Å². The number of halogens is 1. The fourth-order valence-corrected chi connectivity index (χ4v) is 24.2. The van der Waals surface area contributed by atoms with Crippen molar-refractivity contribution in [3.05, 3.63) is 498 Å². The van der Waals surface area contributed by atoms with Gasteiger partial charge in [0.1, 0.15) is 0 Å². The van der Waals surface area contributed by atoms with E-state index in [4.69, 9.17) is 30.4 Å². The van der Waals surface area contributed by atoms with Gasteiger partial charge in [-0.15, -0.1) is 0 Å². The van der Waals surface area contributed by atoms with E-state index in [0.29, 0.717) is 40.2 Å². The Bertz CT molecular complexity index is 5880. The van der Waals surface area contributed by atoms with Crippen molar-refractivity contribution in [2.45, 2.75) is 85.9 Å². The van der Waals surface area contributed by atoms with Crippen LogP contribution in [0.1, 0.15) is 85.8 Å². The first kappa shape index (κ1) is 104. The summed E-state index contributed by atoms with van der Waals surface area (Å²) in [4.78, 5) is 46.6. The van der Waals surface area contributed by atoms with Crippen LogP contribution in [0.5, 0.6) is 0 Å². The van der Waals surface area contributed by atoms with Crippen molar-refractivity contribution in [1.82, 2.24) is 20.4 Å². The number of nitrogens with zero attached hydrogens (tertiary/aromatic N) is 2. The molecular formula is C117H112BClN4O8P4Pd. The van der Waals surface area contributed by atoms with Crippen LogP contribution in [0.2, 0.25) is 5.15 Å². The van der Waals surface area contributed by atoms with Crippen molar-refractivity contribution in [1.29, 1.82) is 0 Å². The van der Waals surface area contributed by atoms with Crippen molar-refractivity contribution in [2.75, 3.05) is 13.2 Å². The largest absolute Gasteiger partial charge is 0.494 e. The van der Waals surface area contributed by atoms with Gasteiger partial charge in [-0.05, 0) is 179 Å². The van der Waals surface area contributed by atoms with Crippen LogP contribution in [0.3, 0.4) is 0 Å². The number of nitrogens with one attached hydrogen (secondary N) is 2. The predicted molar refractivity (Wildman–Crippen MR) is 575 cm³/mol. The van der Waals surface area contributed by atoms with Gasteiger partial charge < -0.3 is 18.8 Å². The first-order valence-electron chi connectivity index (χ1n) is 44.7. The van der Waals surface area contributed by atoms with E-state index in [1.165, 1.54) is 63.7 Å². The number of carbonyl (C=O) groups is 2. The molecule has 688 valence electrons. The molecule has 1 fully saturated rings. The van der Waals surface area contributed by atoms with Crippen LogP contribution >= 0.6 is 43.3 Å². The molecule has 19 rings (SSSR count). The fraction of sp³-hybridized carbons (Fsp3) is 0.128. The number of ether oxygens (including phenoxy) is 2. The summed E-state index contributed by atoms with van der Waals surface area (Å²) in [5.74, 6) is -1.03. The summed E-state index contributed by atoms with van der Waals surface area (Å²) < 4.78 is 22.2. The van der Waals surface area contributed by atoms with Crippen LogP contribution in [-0.2, 0) is 48.8 Å². The maximum atomic E-state index is 11.9. The molecule has 19 heteroatoms. The summed E-state index contributed by atoms with van der Waals surface area (Å²) >= 11 is 5.75. The number of rotatable bonds is 20. The number of aromatic nitrogens is 4. The molecule has 2 aromatic heterocycles. The van der Waals surface area contributed by atoms with E-state index in [1.54, 1.807) is 31.2 Å². The van der Waals surface area contributed by atoms with E-state index < -0.39 is 31.7 Å². The second-order valence-corrected chi connectivity index (χ2v) is 41.3. The minimum atomic E-state index is -0.446. The third kappa shape index (κ3) is 28.5.